The molecule has 0 saturated carbocycles. The van der Waals surface area contributed by atoms with Crippen molar-refractivity contribution in [1.29, 1.82) is 0 Å². The van der Waals surface area contributed by atoms with Crippen molar-refractivity contribution in [3.63, 3.8) is 0 Å². The summed E-state index contributed by atoms with van der Waals surface area (Å²) < 4.78 is 5.03. The monoisotopic (exact) mass is 333 g/mol. The summed E-state index contributed by atoms with van der Waals surface area (Å²) in [6, 6.07) is 3.80. The summed E-state index contributed by atoms with van der Waals surface area (Å²) in [5.41, 5.74) is 5.12. The van der Waals surface area contributed by atoms with Crippen molar-refractivity contribution < 1.29 is 14.3 Å². The number of nitrogens with one attached hydrogen (secondary N) is 2. The molecule has 0 aliphatic heterocycles. The van der Waals surface area contributed by atoms with Crippen molar-refractivity contribution in [3.8, 4) is 0 Å². The molecule has 6 nitrogen and oxygen atoms in total. The molecule has 0 unspecified atom stereocenters. The number of rotatable bonds is 6. The molecular weight excluding hydrogens is 314 g/mol. The molecule has 0 aliphatic carbocycles. The van der Waals surface area contributed by atoms with Crippen LogP contribution in [0.3, 0.4) is 0 Å². The van der Waals surface area contributed by atoms with Gasteiger partial charge >= 0.3 is 5.97 Å². The molecule has 122 valence electrons. The quantitative estimate of drug-likeness (QED) is 0.484. The van der Waals surface area contributed by atoms with E-state index in [1.54, 1.807) is 13.8 Å². The van der Waals surface area contributed by atoms with Crippen LogP contribution >= 0.6 is 11.3 Å². The molecule has 0 fully saturated rings. The fourth-order valence-corrected chi connectivity index (χ4v) is 2.90. The van der Waals surface area contributed by atoms with Crippen LogP contribution in [-0.4, -0.2) is 29.7 Å². The number of aryl methyl sites for hydroxylation is 1. The standard InChI is InChI=1S/C16H19N3O3S/c1-4-22-16(21)15-10(2)13(18-11(15)3)9-17-19-14(20)8-12-6-5-7-23-12/h5-7,9,18H,4,8H2,1-3H3,(H,19,20)/b17-9+. The molecule has 23 heavy (non-hydrogen) atoms. The number of ether oxygens (including phenoxy) is 1. The van der Waals surface area contributed by atoms with Crippen molar-refractivity contribution in [2.75, 3.05) is 6.61 Å². The van der Waals surface area contributed by atoms with E-state index < -0.39 is 0 Å². The molecule has 0 aromatic carbocycles. The molecule has 1 amide bonds. The summed E-state index contributed by atoms with van der Waals surface area (Å²) >= 11 is 1.53. The molecule has 0 bridgehead atoms. The molecule has 2 heterocycles. The molecule has 7 heteroatoms. The largest absolute Gasteiger partial charge is 0.462 e. The Hall–Kier alpha value is -2.41. The van der Waals surface area contributed by atoms with Crippen LogP contribution in [-0.2, 0) is 16.0 Å². The average molecular weight is 333 g/mol. The van der Waals surface area contributed by atoms with E-state index in [2.05, 4.69) is 15.5 Å². The number of hydrogen-bond acceptors (Lipinski definition) is 5. The molecule has 0 aliphatic rings. The van der Waals surface area contributed by atoms with Crippen LogP contribution in [0.25, 0.3) is 0 Å². The van der Waals surface area contributed by atoms with Crippen molar-refractivity contribution >= 4 is 29.4 Å². The number of aromatic amines is 1. The smallest absolute Gasteiger partial charge is 0.340 e. The summed E-state index contributed by atoms with van der Waals surface area (Å²) in [5, 5.41) is 5.86. The van der Waals surface area contributed by atoms with E-state index in [1.807, 2.05) is 24.4 Å². The molecule has 0 radical (unpaired) electrons. The van der Waals surface area contributed by atoms with Gasteiger partial charge < -0.3 is 9.72 Å². The van der Waals surface area contributed by atoms with Crippen molar-refractivity contribution in [2.24, 2.45) is 5.10 Å². The second kappa shape index (κ2) is 7.73. The Kier molecular flexibility index (Phi) is 5.70. The first kappa shape index (κ1) is 17.0. The van der Waals surface area contributed by atoms with Crippen molar-refractivity contribution in [1.82, 2.24) is 10.4 Å². The maximum absolute atomic E-state index is 11.9. The number of carbonyl (C=O) groups excluding carboxylic acids is 2. The van der Waals surface area contributed by atoms with E-state index in [1.165, 1.54) is 17.6 Å². The van der Waals surface area contributed by atoms with Gasteiger partial charge in [0.25, 0.3) is 0 Å². The zero-order valence-corrected chi connectivity index (χ0v) is 14.1. The third kappa shape index (κ3) is 4.29. The Morgan fingerprint density at radius 1 is 1.43 bits per heavy atom. The van der Waals surface area contributed by atoms with Crippen LogP contribution in [0.15, 0.2) is 22.6 Å². The molecule has 2 aromatic heterocycles. The second-order valence-corrected chi connectivity index (χ2v) is 5.97. The van der Waals surface area contributed by atoms with Crippen LogP contribution in [0.5, 0.6) is 0 Å². The zero-order valence-electron chi connectivity index (χ0n) is 13.3. The Balaban J connectivity index is 2.01. The van der Waals surface area contributed by atoms with Gasteiger partial charge in [-0.3, -0.25) is 4.79 Å². The molecule has 2 aromatic rings. The Bertz CT molecular complexity index is 717. The number of thiophene rings is 1. The maximum Gasteiger partial charge on any atom is 0.340 e. The molecule has 0 spiro atoms. The number of nitrogens with zero attached hydrogens (tertiary/aromatic N) is 1. The number of hydrazone groups is 1. The highest BCUT2D eigenvalue weighted by Gasteiger charge is 2.18. The first-order chi connectivity index (χ1) is 11.0. The van der Waals surface area contributed by atoms with Gasteiger partial charge in [-0.15, -0.1) is 11.3 Å². The first-order valence-electron chi connectivity index (χ1n) is 7.23. The van der Waals surface area contributed by atoms with Crippen molar-refractivity contribution in [2.45, 2.75) is 27.2 Å². The number of H-pyrrole nitrogens is 1. The molecular formula is C16H19N3O3S. The van der Waals surface area contributed by atoms with E-state index in [0.717, 1.165) is 10.4 Å². The van der Waals surface area contributed by atoms with Gasteiger partial charge in [-0.05, 0) is 37.8 Å². The van der Waals surface area contributed by atoms with Gasteiger partial charge in [0.1, 0.15) is 0 Å². The zero-order chi connectivity index (χ0) is 16.8. The third-order valence-electron chi connectivity index (χ3n) is 3.25. The van der Waals surface area contributed by atoms with Gasteiger partial charge in [0, 0.05) is 10.6 Å². The minimum atomic E-state index is -0.361. The second-order valence-electron chi connectivity index (χ2n) is 4.93. The lowest BCUT2D eigenvalue weighted by molar-refractivity contribution is -0.120. The predicted octanol–water partition coefficient (Wildman–Crippen LogP) is 2.56. The van der Waals surface area contributed by atoms with Gasteiger partial charge in [-0.2, -0.15) is 5.10 Å². The number of hydrogen-bond donors (Lipinski definition) is 2. The van der Waals surface area contributed by atoms with Gasteiger partial charge in [-0.25, -0.2) is 10.2 Å². The predicted molar refractivity (Wildman–Crippen MR) is 90.0 cm³/mol. The van der Waals surface area contributed by atoms with Crippen LogP contribution in [0.4, 0.5) is 0 Å². The summed E-state index contributed by atoms with van der Waals surface area (Å²) in [6.07, 6.45) is 1.79. The lowest BCUT2D eigenvalue weighted by Gasteiger charge is -2.01. The molecule has 0 atom stereocenters. The van der Waals surface area contributed by atoms with Gasteiger partial charge in [0.2, 0.25) is 5.91 Å². The highest BCUT2D eigenvalue weighted by Crippen LogP contribution is 2.17. The fourth-order valence-electron chi connectivity index (χ4n) is 2.19. The first-order valence-corrected chi connectivity index (χ1v) is 8.11. The van der Waals surface area contributed by atoms with E-state index >= 15 is 0 Å². The fraction of sp³-hybridized carbons (Fsp3) is 0.312. The Morgan fingerprint density at radius 3 is 2.87 bits per heavy atom. The van der Waals surface area contributed by atoms with E-state index in [-0.39, 0.29) is 11.9 Å². The third-order valence-corrected chi connectivity index (χ3v) is 4.13. The van der Waals surface area contributed by atoms with Crippen LogP contribution < -0.4 is 5.43 Å². The maximum atomic E-state index is 11.9. The Labute approximate surface area is 138 Å². The number of aromatic nitrogens is 1. The Morgan fingerprint density at radius 2 is 2.22 bits per heavy atom. The van der Waals surface area contributed by atoms with Crippen LogP contribution in [0.1, 0.15) is 39.1 Å². The van der Waals surface area contributed by atoms with Gasteiger partial charge in [0.05, 0.1) is 30.5 Å². The topological polar surface area (TPSA) is 83.6 Å². The molecule has 2 N–H and O–H groups in total. The lowest BCUT2D eigenvalue weighted by atomic mass is 10.1. The minimum absolute atomic E-state index is 0.185. The highest BCUT2D eigenvalue weighted by molar-refractivity contribution is 7.10. The number of carbonyl (C=O) groups is 2. The van der Waals surface area contributed by atoms with Gasteiger partial charge in [0.15, 0.2) is 0 Å². The van der Waals surface area contributed by atoms with E-state index in [0.29, 0.717) is 30.0 Å². The molecule has 0 saturated heterocycles. The van der Waals surface area contributed by atoms with Gasteiger partial charge in [-0.1, -0.05) is 6.07 Å². The average Bonchev–Trinajstić information content (AvgIpc) is 3.08. The van der Waals surface area contributed by atoms with E-state index in [9.17, 15) is 9.59 Å². The van der Waals surface area contributed by atoms with Crippen LogP contribution in [0, 0.1) is 13.8 Å². The number of esters is 1. The normalized spacial score (nSPS) is 10.9. The lowest BCUT2D eigenvalue weighted by Crippen LogP contribution is -2.19. The summed E-state index contributed by atoms with van der Waals surface area (Å²) in [6.45, 7) is 5.70. The number of amides is 1. The van der Waals surface area contributed by atoms with E-state index in [4.69, 9.17) is 4.74 Å². The van der Waals surface area contributed by atoms with Crippen molar-refractivity contribution in [3.05, 3.63) is 44.9 Å². The van der Waals surface area contributed by atoms with Crippen LogP contribution in [0.2, 0.25) is 0 Å². The summed E-state index contributed by atoms with van der Waals surface area (Å²) in [5.74, 6) is -0.546. The highest BCUT2D eigenvalue weighted by atomic mass is 32.1. The molecule has 2 rings (SSSR count). The summed E-state index contributed by atoms with van der Waals surface area (Å²) in [7, 11) is 0. The minimum Gasteiger partial charge on any atom is -0.462 e. The SMILES string of the molecule is CCOC(=O)c1c(C)[nH]c(/C=N/NC(=O)Cc2cccs2)c1C. The summed E-state index contributed by atoms with van der Waals surface area (Å²) in [4.78, 5) is 27.7.